The molecule has 0 bridgehead atoms. The van der Waals surface area contributed by atoms with Gasteiger partial charge in [-0.25, -0.2) is 4.39 Å². The molecule has 1 heterocycles. The molecular weight excluding hydrogens is 417 g/mol. The summed E-state index contributed by atoms with van der Waals surface area (Å²) in [6, 6.07) is 6.00. The molecule has 1 amide bonds. The van der Waals surface area contributed by atoms with Crippen molar-refractivity contribution in [1.29, 1.82) is 0 Å². The average molecular weight is 454 g/mol. The highest BCUT2D eigenvalue weighted by Crippen LogP contribution is 2.36. The molecule has 2 N–H and O–H groups in total. The van der Waals surface area contributed by atoms with Gasteiger partial charge in [0.05, 0.1) is 26.4 Å². The second-order valence-electron chi connectivity index (χ2n) is 8.00. The monoisotopic (exact) mass is 453 g/mol. The second kappa shape index (κ2) is 14.2. The van der Waals surface area contributed by atoms with E-state index in [1.54, 1.807) is 12.1 Å². The van der Waals surface area contributed by atoms with Crippen LogP contribution in [0.4, 0.5) is 4.39 Å². The number of hydrogen-bond donors (Lipinski definition) is 2. The van der Waals surface area contributed by atoms with Gasteiger partial charge in [-0.2, -0.15) is 0 Å². The lowest BCUT2D eigenvalue weighted by Gasteiger charge is -2.38. The molecule has 1 aliphatic rings. The zero-order valence-corrected chi connectivity index (χ0v) is 19.2. The zero-order valence-electron chi connectivity index (χ0n) is 19.2. The van der Waals surface area contributed by atoms with E-state index in [0.29, 0.717) is 39.5 Å². The molecule has 0 fully saturated rings. The lowest BCUT2D eigenvalue weighted by Crippen LogP contribution is -2.41. The summed E-state index contributed by atoms with van der Waals surface area (Å²) in [5.74, 6) is 0.0207. The van der Waals surface area contributed by atoms with E-state index in [1.165, 1.54) is 12.1 Å². The summed E-state index contributed by atoms with van der Waals surface area (Å²) >= 11 is 0. The van der Waals surface area contributed by atoms with Crippen LogP contribution in [0.15, 0.2) is 36.1 Å². The molecule has 1 aromatic carbocycles. The van der Waals surface area contributed by atoms with Crippen LogP contribution in [-0.4, -0.2) is 56.9 Å². The Labute approximate surface area is 189 Å². The number of allylic oxidation sites excluding steroid dienone is 1. The maximum atomic E-state index is 13.1. The fraction of sp³-hybridized carbons (Fsp3) is 0.625. The van der Waals surface area contributed by atoms with Crippen molar-refractivity contribution in [3.8, 4) is 0 Å². The summed E-state index contributed by atoms with van der Waals surface area (Å²) in [5.41, 5.74) is 0.802. The van der Waals surface area contributed by atoms with Gasteiger partial charge < -0.3 is 29.4 Å². The number of benzene rings is 1. The Hall–Kier alpha value is -2.00. The smallest absolute Gasteiger partial charge is 0.286 e. The van der Waals surface area contributed by atoms with Crippen molar-refractivity contribution in [3.05, 3.63) is 47.5 Å². The first kappa shape index (κ1) is 26.3. The van der Waals surface area contributed by atoms with Crippen molar-refractivity contribution in [2.45, 2.75) is 40.0 Å². The fourth-order valence-electron chi connectivity index (χ4n) is 3.68. The fourth-order valence-corrected chi connectivity index (χ4v) is 3.68. The maximum absolute atomic E-state index is 13.1. The Bertz CT molecular complexity index is 709. The largest absolute Gasteiger partial charge is 0.459 e. The first-order chi connectivity index (χ1) is 15.5. The number of halogens is 1. The Morgan fingerprint density at radius 1 is 1.16 bits per heavy atom. The number of amides is 1. The number of ether oxygens (including phenoxy) is 4. The Morgan fingerprint density at radius 2 is 1.84 bits per heavy atom. The highest BCUT2D eigenvalue weighted by atomic mass is 19.1. The van der Waals surface area contributed by atoms with Crippen molar-refractivity contribution in [2.24, 2.45) is 17.8 Å². The van der Waals surface area contributed by atoms with Crippen LogP contribution in [0.25, 0.3) is 0 Å². The predicted octanol–water partition coefficient (Wildman–Crippen LogP) is 3.02. The molecule has 0 saturated heterocycles. The van der Waals surface area contributed by atoms with E-state index < -0.39 is 6.29 Å². The molecule has 7 nitrogen and oxygen atoms in total. The number of hydrogen-bond acceptors (Lipinski definition) is 6. The molecule has 0 aromatic heterocycles. The SMILES string of the molecule is CCO[C@@H]1OC(C(=O)NCc2ccc(F)cc2)=C[C@H](C(C)C)[C@H]1CCOCCOCCO. The third-order valence-corrected chi connectivity index (χ3v) is 5.32. The number of carbonyl (C=O) groups excluding carboxylic acids is 1. The first-order valence-electron chi connectivity index (χ1n) is 11.2. The lowest BCUT2D eigenvalue weighted by atomic mass is 9.79. The number of carbonyl (C=O) groups is 1. The van der Waals surface area contributed by atoms with Gasteiger partial charge in [0.15, 0.2) is 5.76 Å². The van der Waals surface area contributed by atoms with Crippen molar-refractivity contribution in [3.63, 3.8) is 0 Å². The number of nitrogens with one attached hydrogen (secondary N) is 1. The van der Waals surface area contributed by atoms with Crippen LogP contribution in [0.2, 0.25) is 0 Å². The van der Waals surface area contributed by atoms with Gasteiger partial charge in [-0.15, -0.1) is 0 Å². The molecule has 0 spiro atoms. The summed E-state index contributed by atoms with van der Waals surface area (Å²) < 4.78 is 35.7. The number of aliphatic hydroxyl groups is 1. The molecule has 1 aromatic rings. The van der Waals surface area contributed by atoms with Crippen molar-refractivity contribution in [2.75, 3.05) is 39.6 Å². The molecule has 3 atom stereocenters. The minimum Gasteiger partial charge on any atom is -0.459 e. The van der Waals surface area contributed by atoms with E-state index in [-0.39, 0.29) is 48.4 Å². The minimum atomic E-state index is -0.543. The van der Waals surface area contributed by atoms with Gasteiger partial charge in [-0.1, -0.05) is 26.0 Å². The Kier molecular flexibility index (Phi) is 11.7. The van der Waals surface area contributed by atoms with Crippen LogP contribution in [0.1, 0.15) is 32.8 Å². The third kappa shape index (κ3) is 8.50. The molecular formula is C24H36FNO6. The van der Waals surface area contributed by atoms with Gasteiger partial charge in [0.2, 0.25) is 6.29 Å². The van der Waals surface area contributed by atoms with Gasteiger partial charge >= 0.3 is 0 Å². The van der Waals surface area contributed by atoms with Gasteiger partial charge in [-0.3, -0.25) is 4.79 Å². The molecule has 1 aliphatic heterocycles. The van der Waals surface area contributed by atoms with E-state index >= 15 is 0 Å². The number of aliphatic hydroxyl groups excluding tert-OH is 1. The van der Waals surface area contributed by atoms with Crippen LogP contribution >= 0.6 is 0 Å². The van der Waals surface area contributed by atoms with Crippen molar-refractivity contribution in [1.82, 2.24) is 5.32 Å². The van der Waals surface area contributed by atoms with Gasteiger partial charge in [0, 0.05) is 25.7 Å². The Morgan fingerprint density at radius 3 is 2.47 bits per heavy atom. The van der Waals surface area contributed by atoms with E-state index in [9.17, 15) is 9.18 Å². The number of rotatable bonds is 14. The molecule has 0 aliphatic carbocycles. The van der Waals surface area contributed by atoms with Crippen LogP contribution in [0, 0.1) is 23.6 Å². The highest BCUT2D eigenvalue weighted by Gasteiger charge is 2.38. The van der Waals surface area contributed by atoms with E-state index in [2.05, 4.69) is 19.2 Å². The van der Waals surface area contributed by atoms with Gasteiger partial charge in [0.25, 0.3) is 5.91 Å². The summed E-state index contributed by atoms with van der Waals surface area (Å²) in [6.07, 6.45) is 2.06. The van der Waals surface area contributed by atoms with Crippen LogP contribution in [-0.2, 0) is 30.3 Å². The zero-order chi connectivity index (χ0) is 23.3. The summed E-state index contributed by atoms with van der Waals surface area (Å²) in [4.78, 5) is 12.8. The second-order valence-corrected chi connectivity index (χ2v) is 8.00. The van der Waals surface area contributed by atoms with Crippen molar-refractivity contribution < 1.29 is 33.2 Å². The standard InChI is InChI=1S/C24H36FNO6/c1-4-31-24-20(9-11-29-13-14-30-12-10-27)21(17(2)3)15-22(32-24)23(28)26-16-18-5-7-19(25)8-6-18/h5-8,15,17,20-21,24,27H,4,9-14,16H2,1-3H3,(H,26,28)/t20-,21-,24-/m1/s1. The molecule has 0 unspecified atom stereocenters. The van der Waals surface area contributed by atoms with Gasteiger partial charge in [-0.05, 0) is 49.0 Å². The minimum absolute atomic E-state index is 0.00232. The molecule has 180 valence electrons. The first-order valence-corrected chi connectivity index (χ1v) is 11.2. The topological polar surface area (TPSA) is 86.3 Å². The molecule has 32 heavy (non-hydrogen) atoms. The van der Waals surface area contributed by atoms with Crippen molar-refractivity contribution >= 4 is 5.91 Å². The third-order valence-electron chi connectivity index (χ3n) is 5.32. The molecule has 0 saturated carbocycles. The quantitative estimate of drug-likeness (QED) is 0.421. The van der Waals surface area contributed by atoms with E-state index in [0.717, 1.165) is 5.56 Å². The summed E-state index contributed by atoms with van der Waals surface area (Å²) in [5, 5.41) is 11.6. The van der Waals surface area contributed by atoms with Crippen LogP contribution in [0.3, 0.4) is 0 Å². The molecule has 2 rings (SSSR count). The Balaban J connectivity index is 1.97. The normalized spacial score (nSPS) is 20.7. The highest BCUT2D eigenvalue weighted by molar-refractivity contribution is 5.91. The predicted molar refractivity (Wildman–Crippen MR) is 118 cm³/mol. The lowest BCUT2D eigenvalue weighted by molar-refractivity contribution is -0.177. The van der Waals surface area contributed by atoms with Crippen LogP contribution in [0.5, 0.6) is 0 Å². The van der Waals surface area contributed by atoms with E-state index in [1.807, 2.05) is 13.0 Å². The maximum Gasteiger partial charge on any atom is 0.286 e. The molecule has 0 radical (unpaired) electrons. The summed E-state index contributed by atoms with van der Waals surface area (Å²) in [6.45, 7) is 8.56. The van der Waals surface area contributed by atoms with Gasteiger partial charge in [0.1, 0.15) is 5.82 Å². The van der Waals surface area contributed by atoms with E-state index in [4.69, 9.17) is 24.1 Å². The van der Waals surface area contributed by atoms with Crippen LogP contribution < -0.4 is 5.32 Å². The summed E-state index contributed by atoms with van der Waals surface area (Å²) in [7, 11) is 0. The molecule has 8 heteroatoms. The average Bonchev–Trinajstić information content (AvgIpc) is 2.78.